The summed E-state index contributed by atoms with van der Waals surface area (Å²) in [7, 11) is 0. The molecule has 0 amide bonds. The van der Waals surface area contributed by atoms with Crippen LogP contribution in [-0.4, -0.2) is 21.6 Å². The van der Waals surface area contributed by atoms with Crippen molar-refractivity contribution in [2.24, 2.45) is 0 Å². The third kappa shape index (κ3) is 7.05. The fourth-order valence-corrected chi connectivity index (χ4v) is 2.45. The van der Waals surface area contributed by atoms with Crippen molar-refractivity contribution >= 4 is 33.4 Å². The molecular weight excluding hydrogens is 218 g/mol. The molecule has 42 valence electrons. The van der Waals surface area contributed by atoms with Gasteiger partial charge in [0.1, 0.15) is 0 Å². The van der Waals surface area contributed by atoms with Crippen molar-refractivity contribution in [3.63, 3.8) is 0 Å². The fraction of sp³-hybridized carbons (Fsp3) is 1.00. The average molecular weight is 227 g/mol. The first-order chi connectivity index (χ1) is 3.41. The summed E-state index contributed by atoms with van der Waals surface area (Å²) in [5.74, 6) is 0. The Morgan fingerprint density at radius 2 is 2.43 bits per heavy atom. The zero-order chi connectivity index (χ0) is 5.54. The van der Waals surface area contributed by atoms with E-state index in [-0.39, 0.29) is 0 Å². The van der Waals surface area contributed by atoms with Crippen LogP contribution >= 0.6 is 11.9 Å². The molecule has 0 saturated heterocycles. The molecule has 0 atom stereocenters. The van der Waals surface area contributed by atoms with Gasteiger partial charge in [0.25, 0.3) is 0 Å². The molecule has 0 aliphatic heterocycles. The molecular formula is C4H9ClOSn. The first kappa shape index (κ1) is 8.05. The van der Waals surface area contributed by atoms with Gasteiger partial charge in [0.2, 0.25) is 0 Å². The molecule has 0 heterocycles. The van der Waals surface area contributed by atoms with Crippen LogP contribution in [0.4, 0.5) is 0 Å². The van der Waals surface area contributed by atoms with E-state index in [9.17, 15) is 0 Å². The third-order valence-corrected chi connectivity index (χ3v) is 3.32. The molecule has 3 heteroatoms. The second-order valence-electron chi connectivity index (χ2n) is 1.33. The summed E-state index contributed by atoms with van der Waals surface area (Å²) in [5.41, 5.74) is 0. The second-order valence-corrected chi connectivity index (χ2v) is 5.05. The summed E-state index contributed by atoms with van der Waals surface area (Å²) in [5, 5.41) is 0. The number of hydrogen-bond donors (Lipinski definition) is 0. The van der Waals surface area contributed by atoms with Gasteiger partial charge in [0.05, 0.1) is 0 Å². The van der Waals surface area contributed by atoms with Crippen molar-refractivity contribution in [2.75, 3.05) is 0 Å². The molecule has 0 unspecified atom stereocenters. The predicted molar refractivity (Wildman–Crippen MR) is 32.4 cm³/mol. The van der Waals surface area contributed by atoms with E-state index in [2.05, 4.69) is 9.55 Å². The van der Waals surface area contributed by atoms with Crippen LogP contribution < -0.4 is 0 Å². The molecule has 0 saturated carbocycles. The molecule has 0 aromatic carbocycles. The van der Waals surface area contributed by atoms with Gasteiger partial charge in [-0.15, -0.1) is 0 Å². The zero-order valence-corrected chi connectivity index (χ0v) is 8.02. The molecule has 0 N–H and O–H groups in total. The SMILES string of the molecule is CCC[CH2][Sn][O]Cl. The standard InChI is InChI=1S/C4H9.ClO.Sn/c1-3-4-2;1-2;/h1,3-4H2,2H3;;/q;-1;+1. The fourth-order valence-electron chi connectivity index (χ4n) is 0.288. The van der Waals surface area contributed by atoms with E-state index in [1.807, 2.05) is 0 Å². The summed E-state index contributed by atoms with van der Waals surface area (Å²) in [6, 6.07) is 0. The minimum absolute atomic E-state index is 0.551. The summed E-state index contributed by atoms with van der Waals surface area (Å²) < 4.78 is 5.74. The van der Waals surface area contributed by atoms with E-state index in [1.54, 1.807) is 0 Å². The van der Waals surface area contributed by atoms with Crippen molar-refractivity contribution in [2.45, 2.75) is 24.2 Å². The van der Waals surface area contributed by atoms with Gasteiger partial charge in [-0.25, -0.2) is 0 Å². The summed E-state index contributed by atoms with van der Waals surface area (Å²) in [6.45, 7) is 2.17. The van der Waals surface area contributed by atoms with Crippen LogP contribution in [0.3, 0.4) is 0 Å². The number of unbranched alkanes of at least 4 members (excludes halogenated alkanes) is 1. The minimum atomic E-state index is -0.551. The third-order valence-electron chi connectivity index (χ3n) is 0.687. The second kappa shape index (κ2) is 7.05. The Morgan fingerprint density at radius 1 is 1.71 bits per heavy atom. The van der Waals surface area contributed by atoms with E-state index in [0.717, 1.165) is 0 Å². The van der Waals surface area contributed by atoms with Crippen LogP contribution in [0.5, 0.6) is 0 Å². The number of halogens is 1. The molecule has 0 aliphatic carbocycles. The maximum absolute atomic E-state index is 5.01. The summed E-state index contributed by atoms with van der Waals surface area (Å²) in [4.78, 5) is 0. The molecule has 0 spiro atoms. The van der Waals surface area contributed by atoms with Gasteiger partial charge in [-0.1, -0.05) is 0 Å². The Bertz CT molecular complexity index is 30.9. The molecule has 0 aliphatic rings. The number of hydrogen-bond acceptors (Lipinski definition) is 1. The summed E-state index contributed by atoms with van der Waals surface area (Å²) >= 11 is 4.46. The van der Waals surface area contributed by atoms with Gasteiger partial charge in [-0.3, -0.25) is 0 Å². The monoisotopic (exact) mass is 228 g/mol. The van der Waals surface area contributed by atoms with E-state index in [1.165, 1.54) is 17.3 Å². The molecule has 0 aromatic rings. The Hall–Kier alpha value is 1.05. The van der Waals surface area contributed by atoms with Crippen molar-refractivity contribution in [1.29, 1.82) is 0 Å². The van der Waals surface area contributed by atoms with Crippen LogP contribution in [-0.2, 0) is 2.63 Å². The first-order valence-corrected chi connectivity index (χ1v) is 5.91. The Morgan fingerprint density at radius 3 is 2.86 bits per heavy atom. The normalized spacial score (nSPS) is 9.43. The Balaban J connectivity index is 2.45. The molecule has 0 aromatic heterocycles. The Kier molecular flexibility index (Phi) is 8.10. The molecule has 0 fully saturated rings. The van der Waals surface area contributed by atoms with E-state index < -0.39 is 21.6 Å². The summed E-state index contributed by atoms with van der Waals surface area (Å²) in [6.07, 6.45) is 2.56. The maximum atomic E-state index is 5.01. The van der Waals surface area contributed by atoms with Gasteiger partial charge in [0.15, 0.2) is 0 Å². The number of rotatable bonds is 4. The van der Waals surface area contributed by atoms with Crippen LogP contribution in [0.1, 0.15) is 19.8 Å². The van der Waals surface area contributed by atoms with Crippen LogP contribution in [0.15, 0.2) is 0 Å². The van der Waals surface area contributed by atoms with Crippen LogP contribution in [0.2, 0.25) is 4.44 Å². The topological polar surface area (TPSA) is 9.23 Å². The van der Waals surface area contributed by atoms with Gasteiger partial charge in [-0.05, 0) is 0 Å². The molecule has 2 radical (unpaired) electrons. The first-order valence-electron chi connectivity index (χ1n) is 2.42. The molecule has 7 heavy (non-hydrogen) atoms. The zero-order valence-electron chi connectivity index (χ0n) is 4.41. The van der Waals surface area contributed by atoms with E-state index in [4.69, 9.17) is 11.9 Å². The Labute approximate surface area is 60.3 Å². The molecule has 1 nitrogen and oxygen atoms in total. The molecule has 0 bridgehead atoms. The van der Waals surface area contributed by atoms with Gasteiger partial charge in [-0.2, -0.15) is 0 Å². The van der Waals surface area contributed by atoms with Gasteiger partial charge in [0, 0.05) is 0 Å². The average Bonchev–Trinajstić information content (AvgIpc) is 1.69. The van der Waals surface area contributed by atoms with Crippen LogP contribution in [0, 0.1) is 0 Å². The molecule has 0 rings (SSSR count). The van der Waals surface area contributed by atoms with Crippen molar-refractivity contribution in [3.05, 3.63) is 0 Å². The van der Waals surface area contributed by atoms with Crippen molar-refractivity contribution < 1.29 is 2.63 Å². The predicted octanol–water partition coefficient (Wildman–Crippen LogP) is 1.99. The van der Waals surface area contributed by atoms with E-state index in [0.29, 0.717) is 0 Å². The van der Waals surface area contributed by atoms with Crippen molar-refractivity contribution in [3.8, 4) is 0 Å². The van der Waals surface area contributed by atoms with E-state index >= 15 is 0 Å². The van der Waals surface area contributed by atoms with Crippen LogP contribution in [0.25, 0.3) is 0 Å². The van der Waals surface area contributed by atoms with Gasteiger partial charge >= 0.3 is 60.3 Å². The quantitative estimate of drug-likeness (QED) is 0.527. The van der Waals surface area contributed by atoms with Gasteiger partial charge < -0.3 is 0 Å². The van der Waals surface area contributed by atoms with Crippen molar-refractivity contribution in [1.82, 2.24) is 0 Å².